The van der Waals surface area contributed by atoms with Crippen LogP contribution >= 0.6 is 35.0 Å². The molecule has 1 saturated carbocycles. The summed E-state index contributed by atoms with van der Waals surface area (Å²) < 4.78 is 5.85. The van der Waals surface area contributed by atoms with Crippen molar-refractivity contribution >= 4 is 35.0 Å². The third-order valence-electron chi connectivity index (χ3n) is 3.93. The average molecular weight is 382 g/mol. The molecular weight excluding hydrogens is 361 g/mol. The Labute approximate surface area is 157 Å². The van der Waals surface area contributed by atoms with E-state index in [-0.39, 0.29) is 0 Å². The van der Waals surface area contributed by atoms with Gasteiger partial charge in [0.15, 0.2) is 0 Å². The molecule has 0 atom stereocenters. The molecule has 1 heterocycles. The smallest absolute Gasteiger partial charge is 0.130 e. The van der Waals surface area contributed by atoms with E-state index < -0.39 is 0 Å². The SMILES string of the molecule is ClCCCCSc1cccc(COc2ccc(C3CC3)c(Cl)c2)n1. The number of nitrogens with zero attached hydrogens (tertiary/aromatic N) is 1. The second-order valence-electron chi connectivity index (χ2n) is 5.96. The maximum absolute atomic E-state index is 6.35. The second-order valence-corrected chi connectivity index (χ2v) is 7.86. The normalized spacial score (nSPS) is 13.9. The Bertz CT molecular complexity index is 676. The number of alkyl halides is 1. The van der Waals surface area contributed by atoms with Gasteiger partial charge in [-0.25, -0.2) is 4.98 Å². The molecule has 0 unspecified atom stereocenters. The molecule has 0 spiro atoms. The molecule has 1 aliphatic carbocycles. The molecule has 1 aromatic carbocycles. The van der Waals surface area contributed by atoms with E-state index in [9.17, 15) is 0 Å². The van der Waals surface area contributed by atoms with E-state index in [0.29, 0.717) is 12.5 Å². The summed E-state index contributed by atoms with van der Waals surface area (Å²) in [4.78, 5) is 4.64. The Kier molecular flexibility index (Phi) is 6.70. The van der Waals surface area contributed by atoms with Gasteiger partial charge in [0.1, 0.15) is 12.4 Å². The zero-order valence-corrected chi connectivity index (χ0v) is 15.8. The molecule has 2 nitrogen and oxygen atoms in total. The van der Waals surface area contributed by atoms with Gasteiger partial charge in [0.25, 0.3) is 0 Å². The first kappa shape index (κ1) is 17.9. The molecule has 0 saturated heterocycles. The minimum absolute atomic E-state index is 0.454. The van der Waals surface area contributed by atoms with Crippen molar-refractivity contribution in [1.29, 1.82) is 0 Å². The summed E-state index contributed by atoms with van der Waals surface area (Å²) in [7, 11) is 0. The van der Waals surface area contributed by atoms with Gasteiger partial charge in [-0.05, 0) is 67.2 Å². The van der Waals surface area contributed by atoms with Gasteiger partial charge in [0, 0.05) is 10.9 Å². The average Bonchev–Trinajstić information content (AvgIpc) is 3.42. The van der Waals surface area contributed by atoms with Crippen LogP contribution in [0.15, 0.2) is 41.4 Å². The number of hydrogen-bond donors (Lipinski definition) is 0. The summed E-state index contributed by atoms with van der Waals surface area (Å²) in [5, 5.41) is 1.85. The van der Waals surface area contributed by atoms with Crippen LogP contribution in [-0.2, 0) is 6.61 Å². The van der Waals surface area contributed by atoms with E-state index in [2.05, 4.69) is 11.1 Å². The molecule has 1 fully saturated rings. The predicted octanol–water partition coefficient (Wildman–Crippen LogP) is 6.30. The molecule has 128 valence electrons. The maximum Gasteiger partial charge on any atom is 0.130 e. The molecule has 0 radical (unpaired) electrons. The monoisotopic (exact) mass is 381 g/mol. The van der Waals surface area contributed by atoms with Crippen LogP contribution in [0.25, 0.3) is 0 Å². The topological polar surface area (TPSA) is 22.1 Å². The van der Waals surface area contributed by atoms with Crippen LogP contribution in [-0.4, -0.2) is 16.6 Å². The summed E-state index contributed by atoms with van der Waals surface area (Å²) in [6.45, 7) is 0.454. The van der Waals surface area contributed by atoms with Gasteiger partial charge in [-0.1, -0.05) is 23.7 Å². The predicted molar refractivity (Wildman–Crippen MR) is 103 cm³/mol. The van der Waals surface area contributed by atoms with E-state index >= 15 is 0 Å². The molecule has 1 aliphatic rings. The fourth-order valence-corrected chi connectivity index (χ4v) is 3.90. The largest absolute Gasteiger partial charge is 0.487 e. The number of benzene rings is 1. The lowest BCUT2D eigenvalue weighted by Gasteiger charge is -2.09. The van der Waals surface area contributed by atoms with Crippen molar-refractivity contribution in [3.05, 3.63) is 52.7 Å². The van der Waals surface area contributed by atoms with E-state index in [1.165, 1.54) is 18.4 Å². The molecule has 0 N–H and O–H groups in total. The summed E-state index contributed by atoms with van der Waals surface area (Å²) in [6.07, 6.45) is 4.66. The standard InChI is InChI=1S/C19H21Cl2NOS/c20-10-1-2-11-24-19-5-3-4-15(22-19)13-23-16-8-9-17(14-6-7-14)18(21)12-16/h3-5,8-9,12,14H,1-2,6-7,10-11,13H2. The van der Waals surface area contributed by atoms with Crippen LogP contribution in [0.3, 0.4) is 0 Å². The number of pyridine rings is 1. The lowest BCUT2D eigenvalue weighted by molar-refractivity contribution is 0.300. The Hall–Kier alpha value is -0.900. The first-order valence-electron chi connectivity index (χ1n) is 8.33. The molecular formula is C19H21Cl2NOS. The van der Waals surface area contributed by atoms with Crippen LogP contribution < -0.4 is 4.74 Å². The van der Waals surface area contributed by atoms with Crippen molar-refractivity contribution < 1.29 is 4.74 Å². The van der Waals surface area contributed by atoms with Crippen LogP contribution in [0.5, 0.6) is 5.75 Å². The number of rotatable bonds is 9. The highest BCUT2D eigenvalue weighted by atomic mass is 35.5. The summed E-state index contributed by atoms with van der Waals surface area (Å²) >= 11 is 13.8. The van der Waals surface area contributed by atoms with Crippen molar-refractivity contribution in [1.82, 2.24) is 4.98 Å². The fourth-order valence-electron chi connectivity index (χ4n) is 2.47. The van der Waals surface area contributed by atoms with Gasteiger partial charge in [0.05, 0.1) is 10.7 Å². The lowest BCUT2D eigenvalue weighted by atomic mass is 10.1. The maximum atomic E-state index is 6.35. The highest BCUT2D eigenvalue weighted by Gasteiger charge is 2.25. The van der Waals surface area contributed by atoms with Crippen LogP contribution in [0.4, 0.5) is 0 Å². The van der Waals surface area contributed by atoms with Gasteiger partial charge in [-0.2, -0.15) is 0 Å². The molecule has 0 amide bonds. The lowest BCUT2D eigenvalue weighted by Crippen LogP contribution is -1.99. The van der Waals surface area contributed by atoms with Gasteiger partial charge >= 0.3 is 0 Å². The van der Waals surface area contributed by atoms with Crippen molar-refractivity contribution in [3.63, 3.8) is 0 Å². The Balaban J connectivity index is 1.53. The number of aromatic nitrogens is 1. The van der Waals surface area contributed by atoms with Gasteiger partial charge in [-0.15, -0.1) is 23.4 Å². The van der Waals surface area contributed by atoms with Crippen molar-refractivity contribution in [2.75, 3.05) is 11.6 Å². The Morgan fingerprint density at radius 1 is 1.17 bits per heavy atom. The quantitative estimate of drug-likeness (QED) is 0.289. The number of unbranched alkanes of at least 4 members (excludes halogenated alkanes) is 1. The molecule has 3 rings (SSSR count). The van der Waals surface area contributed by atoms with E-state index in [0.717, 1.165) is 46.0 Å². The molecule has 24 heavy (non-hydrogen) atoms. The third kappa shape index (κ3) is 5.30. The highest BCUT2D eigenvalue weighted by Crippen LogP contribution is 2.44. The summed E-state index contributed by atoms with van der Waals surface area (Å²) in [5.41, 5.74) is 2.18. The highest BCUT2D eigenvalue weighted by molar-refractivity contribution is 7.99. The van der Waals surface area contributed by atoms with Crippen LogP contribution in [0, 0.1) is 0 Å². The summed E-state index contributed by atoms with van der Waals surface area (Å²) in [5.74, 6) is 3.22. The Morgan fingerprint density at radius 2 is 2.04 bits per heavy atom. The minimum Gasteiger partial charge on any atom is -0.487 e. The zero-order valence-electron chi connectivity index (χ0n) is 13.5. The van der Waals surface area contributed by atoms with Crippen molar-refractivity contribution in [2.24, 2.45) is 0 Å². The van der Waals surface area contributed by atoms with E-state index in [1.807, 2.05) is 30.3 Å². The third-order valence-corrected chi connectivity index (χ3v) is 5.55. The Morgan fingerprint density at radius 3 is 2.79 bits per heavy atom. The first-order valence-corrected chi connectivity index (χ1v) is 10.2. The first-order chi connectivity index (χ1) is 11.8. The van der Waals surface area contributed by atoms with Crippen molar-refractivity contribution in [3.8, 4) is 5.75 Å². The molecule has 0 bridgehead atoms. The van der Waals surface area contributed by atoms with Gasteiger partial charge in [0.2, 0.25) is 0 Å². The molecule has 2 aromatic rings. The second kappa shape index (κ2) is 8.98. The number of thioether (sulfide) groups is 1. The fraction of sp³-hybridized carbons (Fsp3) is 0.421. The summed E-state index contributed by atoms with van der Waals surface area (Å²) in [6, 6.07) is 12.1. The molecule has 0 aliphatic heterocycles. The van der Waals surface area contributed by atoms with Crippen LogP contribution in [0.2, 0.25) is 5.02 Å². The van der Waals surface area contributed by atoms with Crippen LogP contribution in [0.1, 0.15) is 42.9 Å². The number of ether oxygens (including phenoxy) is 1. The van der Waals surface area contributed by atoms with E-state index in [4.69, 9.17) is 27.9 Å². The van der Waals surface area contributed by atoms with Gasteiger partial charge < -0.3 is 4.74 Å². The zero-order chi connectivity index (χ0) is 16.8. The number of hydrogen-bond acceptors (Lipinski definition) is 3. The molecule has 5 heteroatoms. The van der Waals surface area contributed by atoms with Gasteiger partial charge in [-0.3, -0.25) is 0 Å². The number of halogens is 2. The minimum atomic E-state index is 0.454. The molecule has 1 aromatic heterocycles. The van der Waals surface area contributed by atoms with Crippen molar-refractivity contribution in [2.45, 2.75) is 43.2 Å². The van der Waals surface area contributed by atoms with E-state index in [1.54, 1.807) is 11.8 Å².